The zero-order chi connectivity index (χ0) is 10.2. The maximum absolute atomic E-state index is 5.42. The van der Waals surface area contributed by atoms with Gasteiger partial charge in [-0.05, 0) is 24.9 Å². The molecule has 0 saturated heterocycles. The van der Waals surface area contributed by atoms with Crippen LogP contribution in [0.4, 0.5) is 11.6 Å². The molecule has 0 spiro atoms. The van der Waals surface area contributed by atoms with Gasteiger partial charge < -0.3 is 11.1 Å². The molecule has 0 radical (unpaired) electrons. The Morgan fingerprint density at radius 2 is 2.21 bits per heavy atom. The highest BCUT2D eigenvalue weighted by Gasteiger charge is 1.93. The Kier molecular flexibility index (Phi) is 5.14. The van der Waals surface area contributed by atoms with Crippen molar-refractivity contribution in [2.75, 3.05) is 29.6 Å². The number of nitrogens with zero attached hydrogens (tertiary/aromatic N) is 2. The van der Waals surface area contributed by atoms with Crippen molar-refractivity contribution >= 4 is 23.4 Å². The SMILES string of the molecule is CSCCCCNc1cnc(N)cn1. The van der Waals surface area contributed by atoms with Crippen LogP contribution in [-0.2, 0) is 0 Å². The predicted molar refractivity (Wildman–Crippen MR) is 62.6 cm³/mol. The Bertz CT molecular complexity index is 249. The summed E-state index contributed by atoms with van der Waals surface area (Å²) in [5.41, 5.74) is 5.42. The third-order valence-electron chi connectivity index (χ3n) is 1.75. The van der Waals surface area contributed by atoms with E-state index in [1.165, 1.54) is 12.2 Å². The number of aromatic nitrogens is 2. The van der Waals surface area contributed by atoms with Crippen molar-refractivity contribution < 1.29 is 0 Å². The summed E-state index contributed by atoms with van der Waals surface area (Å²) in [6.07, 6.45) is 7.73. The zero-order valence-electron chi connectivity index (χ0n) is 8.36. The smallest absolute Gasteiger partial charge is 0.144 e. The van der Waals surface area contributed by atoms with Crippen LogP contribution < -0.4 is 11.1 Å². The van der Waals surface area contributed by atoms with Crippen molar-refractivity contribution in [3.05, 3.63) is 12.4 Å². The molecule has 1 aromatic heterocycles. The molecule has 0 aliphatic carbocycles. The molecule has 0 aliphatic rings. The van der Waals surface area contributed by atoms with Crippen LogP contribution in [0.2, 0.25) is 0 Å². The van der Waals surface area contributed by atoms with Gasteiger partial charge in [0.1, 0.15) is 11.6 Å². The van der Waals surface area contributed by atoms with Gasteiger partial charge in [-0.25, -0.2) is 9.97 Å². The molecular formula is C9H16N4S. The molecule has 0 aromatic carbocycles. The van der Waals surface area contributed by atoms with Crippen LogP contribution in [0, 0.1) is 0 Å². The molecule has 0 bridgehead atoms. The Hall–Kier alpha value is -0.970. The monoisotopic (exact) mass is 212 g/mol. The summed E-state index contributed by atoms with van der Waals surface area (Å²) < 4.78 is 0. The van der Waals surface area contributed by atoms with E-state index in [1.807, 2.05) is 11.8 Å². The van der Waals surface area contributed by atoms with E-state index in [9.17, 15) is 0 Å². The number of nitrogens with two attached hydrogens (primary N) is 1. The average Bonchev–Trinajstić information content (AvgIpc) is 2.21. The first kappa shape index (κ1) is 11.1. The summed E-state index contributed by atoms with van der Waals surface area (Å²) in [4.78, 5) is 8.04. The number of hydrogen-bond donors (Lipinski definition) is 2. The summed E-state index contributed by atoms with van der Waals surface area (Å²) in [6.45, 7) is 0.944. The summed E-state index contributed by atoms with van der Waals surface area (Å²) in [5.74, 6) is 2.47. The predicted octanol–water partition coefficient (Wildman–Crippen LogP) is 1.61. The highest BCUT2D eigenvalue weighted by molar-refractivity contribution is 7.98. The topological polar surface area (TPSA) is 63.8 Å². The largest absolute Gasteiger partial charge is 0.382 e. The van der Waals surface area contributed by atoms with Crippen LogP contribution >= 0.6 is 11.8 Å². The maximum atomic E-state index is 5.42. The number of nitrogens with one attached hydrogen (secondary N) is 1. The Morgan fingerprint density at radius 1 is 1.36 bits per heavy atom. The van der Waals surface area contributed by atoms with Gasteiger partial charge in [0.15, 0.2) is 0 Å². The van der Waals surface area contributed by atoms with Crippen molar-refractivity contribution in [3.8, 4) is 0 Å². The van der Waals surface area contributed by atoms with Gasteiger partial charge in [-0.15, -0.1) is 0 Å². The van der Waals surface area contributed by atoms with Gasteiger partial charge in [-0.3, -0.25) is 0 Å². The van der Waals surface area contributed by atoms with E-state index in [2.05, 4.69) is 21.5 Å². The minimum atomic E-state index is 0.456. The van der Waals surface area contributed by atoms with Crippen LogP contribution in [0.1, 0.15) is 12.8 Å². The lowest BCUT2D eigenvalue weighted by Crippen LogP contribution is -2.04. The molecule has 0 unspecified atom stereocenters. The minimum absolute atomic E-state index is 0.456. The maximum Gasteiger partial charge on any atom is 0.144 e. The van der Waals surface area contributed by atoms with Crippen molar-refractivity contribution in [2.45, 2.75) is 12.8 Å². The van der Waals surface area contributed by atoms with Crippen LogP contribution in [0.15, 0.2) is 12.4 Å². The molecule has 0 fully saturated rings. The fraction of sp³-hybridized carbons (Fsp3) is 0.556. The van der Waals surface area contributed by atoms with E-state index in [0.29, 0.717) is 5.82 Å². The van der Waals surface area contributed by atoms with Crippen molar-refractivity contribution in [1.29, 1.82) is 0 Å². The van der Waals surface area contributed by atoms with Crippen molar-refractivity contribution in [3.63, 3.8) is 0 Å². The quantitative estimate of drug-likeness (QED) is 0.701. The van der Waals surface area contributed by atoms with Gasteiger partial charge in [0.25, 0.3) is 0 Å². The first-order valence-electron chi connectivity index (χ1n) is 4.63. The molecule has 5 heteroatoms. The van der Waals surface area contributed by atoms with Gasteiger partial charge >= 0.3 is 0 Å². The summed E-state index contributed by atoms with van der Waals surface area (Å²) in [5, 5.41) is 3.19. The first-order chi connectivity index (χ1) is 6.83. The molecule has 0 saturated carbocycles. The second kappa shape index (κ2) is 6.48. The third-order valence-corrected chi connectivity index (χ3v) is 2.45. The van der Waals surface area contributed by atoms with Crippen molar-refractivity contribution in [2.24, 2.45) is 0 Å². The van der Waals surface area contributed by atoms with Gasteiger partial charge in [-0.2, -0.15) is 11.8 Å². The van der Waals surface area contributed by atoms with E-state index in [0.717, 1.165) is 18.8 Å². The van der Waals surface area contributed by atoms with E-state index in [4.69, 9.17) is 5.73 Å². The van der Waals surface area contributed by atoms with Crippen LogP contribution in [-0.4, -0.2) is 28.5 Å². The fourth-order valence-electron chi connectivity index (χ4n) is 1.02. The normalized spacial score (nSPS) is 10.1. The van der Waals surface area contributed by atoms with E-state index >= 15 is 0 Å². The Labute approximate surface area is 88.7 Å². The van der Waals surface area contributed by atoms with Gasteiger partial charge in [0.2, 0.25) is 0 Å². The average molecular weight is 212 g/mol. The summed E-state index contributed by atoms with van der Waals surface area (Å²) >= 11 is 1.88. The fourth-order valence-corrected chi connectivity index (χ4v) is 1.51. The first-order valence-corrected chi connectivity index (χ1v) is 6.02. The van der Waals surface area contributed by atoms with E-state index < -0.39 is 0 Å². The zero-order valence-corrected chi connectivity index (χ0v) is 9.18. The van der Waals surface area contributed by atoms with Crippen LogP contribution in [0.3, 0.4) is 0 Å². The molecule has 0 aliphatic heterocycles. The van der Waals surface area contributed by atoms with E-state index in [-0.39, 0.29) is 0 Å². The molecule has 0 amide bonds. The van der Waals surface area contributed by atoms with Gasteiger partial charge in [-0.1, -0.05) is 0 Å². The number of unbranched alkanes of at least 4 members (excludes halogenated alkanes) is 1. The highest BCUT2D eigenvalue weighted by Crippen LogP contribution is 2.03. The number of nitrogen functional groups attached to an aromatic ring is 1. The molecule has 4 nitrogen and oxygen atoms in total. The second-order valence-corrected chi connectivity index (χ2v) is 3.94. The van der Waals surface area contributed by atoms with E-state index in [1.54, 1.807) is 12.4 Å². The standard InChI is InChI=1S/C9H16N4S/c1-14-5-3-2-4-11-9-7-12-8(10)6-13-9/h6-7H,2-5H2,1H3,(H2,10,12)(H,11,13). The molecule has 1 heterocycles. The Balaban J connectivity index is 2.15. The molecule has 1 aromatic rings. The van der Waals surface area contributed by atoms with Crippen LogP contribution in [0.5, 0.6) is 0 Å². The minimum Gasteiger partial charge on any atom is -0.382 e. The molecule has 0 atom stereocenters. The lowest BCUT2D eigenvalue weighted by molar-refractivity contribution is 0.839. The number of thioether (sulfide) groups is 1. The van der Waals surface area contributed by atoms with Crippen LogP contribution in [0.25, 0.3) is 0 Å². The molecule has 14 heavy (non-hydrogen) atoms. The molecule has 3 N–H and O–H groups in total. The molecule has 78 valence electrons. The lowest BCUT2D eigenvalue weighted by Gasteiger charge is -2.04. The third kappa shape index (κ3) is 4.32. The van der Waals surface area contributed by atoms with Gasteiger partial charge in [0, 0.05) is 6.54 Å². The van der Waals surface area contributed by atoms with Crippen molar-refractivity contribution in [1.82, 2.24) is 9.97 Å². The second-order valence-electron chi connectivity index (χ2n) is 2.95. The number of rotatable bonds is 6. The summed E-state index contributed by atoms with van der Waals surface area (Å²) in [7, 11) is 0. The molecule has 1 rings (SSSR count). The van der Waals surface area contributed by atoms with Gasteiger partial charge in [0.05, 0.1) is 12.4 Å². The molecular weight excluding hydrogens is 196 g/mol. The summed E-state index contributed by atoms with van der Waals surface area (Å²) in [6, 6.07) is 0. The number of anilines is 2. The highest BCUT2D eigenvalue weighted by atomic mass is 32.2. The Morgan fingerprint density at radius 3 is 2.86 bits per heavy atom. The number of hydrogen-bond acceptors (Lipinski definition) is 5. The lowest BCUT2D eigenvalue weighted by atomic mass is 10.3.